The molecule has 1 aromatic rings. The highest BCUT2D eigenvalue weighted by atomic mass is 127. The molecule has 0 aliphatic rings. The summed E-state index contributed by atoms with van der Waals surface area (Å²) in [4.78, 5) is 14.4. The zero-order valence-electron chi connectivity index (χ0n) is 6.40. The van der Waals surface area contributed by atoms with Crippen LogP contribution in [-0.4, -0.2) is 10.2 Å². The fourth-order valence-corrected chi connectivity index (χ4v) is 2.18. The van der Waals surface area contributed by atoms with Crippen LogP contribution in [-0.2, 0) is 0 Å². The van der Waals surface area contributed by atoms with E-state index in [2.05, 4.69) is 20.9 Å². The predicted octanol–water partition coefficient (Wildman–Crippen LogP) is 3.77. The van der Waals surface area contributed by atoms with Gasteiger partial charge in [-0.05, 0) is 56.2 Å². The van der Waals surface area contributed by atoms with Crippen LogP contribution in [0.2, 0.25) is 0 Å². The van der Waals surface area contributed by atoms with Crippen molar-refractivity contribution in [3.8, 4) is 0 Å². The van der Waals surface area contributed by atoms with E-state index in [1.165, 1.54) is 6.07 Å². The molecule has 0 unspecified atom stereocenters. The molecule has 1 rings (SSSR count). The molecular formula is C7H2BrClF2INO. The first-order valence-corrected chi connectivity index (χ1v) is 5.52. The molecule has 0 radical (unpaired) electrons. The Morgan fingerprint density at radius 2 is 2.21 bits per heavy atom. The topological polar surface area (TPSA) is 30.0 Å². The summed E-state index contributed by atoms with van der Waals surface area (Å²) in [6.07, 6.45) is -2.67. The lowest BCUT2D eigenvalue weighted by atomic mass is 10.3. The van der Waals surface area contributed by atoms with Crippen LogP contribution in [0.3, 0.4) is 0 Å². The van der Waals surface area contributed by atoms with Crippen LogP contribution in [0.5, 0.6) is 0 Å². The Labute approximate surface area is 105 Å². The summed E-state index contributed by atoms with van der Waals surface area (Å²) >= 11 is 9.79. The highest BCUT2D eigenvalue weighted by molar-refractivity contribution is 14.1. The van der Waals surface area contributed by atoms with E-state index in [0.717, 1.165) is 0 Å². The van der Waals surface area contributed by atoms with Crippen LogP contribution < -0.4 is 0 Å². The van der Waals surface area contributed by atoms with Crippen LogP contribution in [0.15, 0.2) is 10.7 Å². The van der Waals surface area contributed by atoms with Crippen molar-refractivity contribution in [3.63, 3.8) is 0 Å². The van der Waals surface area contributed by atoms with Gasteiger partial charge in [-0.1, -0.05) is 0 Å². The number of hydrogen-bond donors (Lipinski definition) is 0. The van der Waals surface area contributed by atoms with Crippen LogP contribution in [0.1, 0.15) is 22.5 Å². The maximum atomic E-state index is 12.3. The van der Waals surface area contributed by atoms with E-state index in [4.69, 9.17) is 11.6 Å². The molecule has 0 saturated heterocycles. The fraction of sp³-hybridized carbons (Fsp3) is 0.143. The number of alkyl halides is 2. The average molecular weight is 396 g/mol. The number of hydrogen-bond acceptors (Lipinski definition) is 2. The van der Waals surface area contributed by atoms with E-state index in [9.17, 15) is 13.6 Å². The van der Waals surface area contributed by atoms with E-state index >= 15 is 0 Å². The van der Waals surface area contributed by atoms with Gasteiger partial charge in [0.25, 0.3) is 11.7 Å². The number of nitrogens with zero attached hydrogens (tertiary/aromatic N) is 1. The second kappa shape index (κ2) is 4.80. The number of pyridine rings is 1. The summed E-state index contributed by atoms with van der Waals surface area (Å²) in [6, 6.07) is 1.27. The number of carbonyl (C=O) groups excluding carboxylic acids is 1. The average Bonchev–Trinajstić information content (AvgIpc) is 2.07. The van der Waals surface area contributed by atoms with Gasteiger partial charge in [-0.3, -0.25) is 4.79 Å². The first kappa shape index (κ1) is 12.3. The lowest BCUT2D eigenvalue weighted by molar-refractivity contribution is 0.107. The SMILES string of the molecule is O=C(Cl)c1cc(I)c(C(F)F)nc1Br. The highest BCUT2D eigenvalue weighted by Crippen LogP contribution is 2.27. The Bertz CT molecular complexity index is 388. The molecule has 1 aromatic heterocycles. The van der Waals surface area contributed by atoms with Gasteiger partial charge in [-0.2, -0.15) is 0 Å². The van der Waals surface area contributed by atoms with E-state index in [-0.39, 0.29) is 19.4 Å². The van der Waals surface area contributed by atoms with Gasteiger partial charge in [0.15, 0.2) is 0 Å². The zero-order chi connectivity index (χ0) is 10.9. The second-order valence-electron chi connectivity index (χ2n) is 2.27. The highest BCUT2D eigenvalue weighted by Gasteiger charge is 2.18. The molecule has 7 heteroatoms. The summed E-state index contributed by atoms with van der Waals surface area (Å²) < 4.78 is 24.9. The Morgan fingerprint density at radius 3 is 2.64 bits per heavy atom. The molecule has 76 valence electrons. The molecule has 0 aliphatic heterocycles. The Morgan fingerprint density at radius 1 is 1.64 bits per heavy atom. The molecule has 2 nitrogen and oxygen atoms in total. The minimum absolute atomic E-state index is 0.0354. The number of aromatic nitrogens is 1. The van der Waals surface area contributed by atoms with Crippen LogP contribution in [0, 0.1) is 3.57 Å². The number of halogens is 5. The van der Waals surface area contributed by atoms with Crippen molar-refractivity contribution in [1.82, 2.24) is 4.98 Å². The number of carbonyl (C=O) groups is 1. The molecule has 0 atom stereocenters. The summed E-state index contributed by atoms with van der Waals surface area (Å²) in [7, 11) is 0. The summed E-state index contributed by atoms with van der Waals surface area (Å²) in [5.41, 5.74) is -0.278. The van der Waals surface area contributed by atoms with E-state index in [0.29, 0.717) is 0 Å². The van der Waals surface area contributed by atoms with Crippen molar-refractivity contribution < 1.29 is 13.6 Å². The summed E-state index contributed by atoms with van der Waals surface area (Å²) in [5.74, 6) is 0. The van der Waals surface area contributed by atoms with E-state index < -0.39 is 11.7 Å². The maximum absolute atomic E-state index is 12.3. The quantitative estimate of drug-likeness (QED) is 0.433. The Balaban J connectivity index is 3.31. The summed E-state index contributed by atoms with van der Waals surface area (Å²) in [5, 5.41) is -0.733. The number of rotatable bonds is 2. The van der Waals surface area contributed by atoms with Gasteiger partial charge in [0, 0.05) is 3.57 Å². The third-order valence-corrected chi connectivity index (χ3v) is 3.05. The minimum Gasteiger partial charge on any atom is -0.276 e. The molecule has 0 amide bonds. The monoisotopic (exact) mass is 395 g/mol. The van der Waals surface area contributed by atoms with Gasteiger partial charge >= 0.3 is 0 Å². The van der Waals surface area contributed by atoms with Crippen LogP contribution in [0.4, 0.5) is 8.78 Å². The van der Waals surface area contributed by atoms with E-state index in [1.54, 1.807) is 22.6 Å². The first-order chi connectivity index (χ1) is 6.43. The molecule has 0 aliphatic carbocycles. The normalized spacial score (nSPS) is 10.7. The van der Waals surface area contributed by atoms with Gasteiger partial charge in [-0.15, -0.1) is 0 Å². The lowest BCUT2D eigenvalue weighted by Crippen LogP contribution is -2.01. The molecule has 1 heterocycles. The van der Waals surface area contributed by atoms with Gasteiger partial charge < -0.3 is 0 Å². The van der Waals surface area contributed by atoms with Crippen molar-refractivity contribution in [2.75, 3.05) is 0 Å². The van der Waals surface area contributed by atoms with Gasteiger partial charge in [0.2, 0.25) is 0 Å². The van der Waals surface area contributed by atoms with E-state index in [1.807, 2.05) is 0 Å². The lowest BCUT2D eigenvalue weighted by Gasteiger charge is -2.05. The van der Waals surface area contributed by atoms with Gasteiger partial charge in [-0.25, -0.2) is 13.8 Å². The first-order valence-electron chi connectivity index (χ1n) is 3.27. The van der Waals surface area contributed by atoms with Gasteiger partial charge in [0.1, 0.15) is 10.3 Å². The molecule has 0 fully saturated rings. The molecule has 0 aromatic carbocycles. The Hall–Kier alpha value is 0.180. The fourth-order valence-electron chi connectivity index (χ4n) is 0.770. The molecule has 0 saturated carbocycles. The second-order valence-corrected chi connectivity index (χ2v) is 4.52. The zero-order valence-corrected chi connectivity index (χ0v) is 10.9. The largest absolute Gasteiger partial charge is 0.281 e. The van der Waals surface area contributed by atoms with Gasteiger partial charge in [0.05, 0.1) is 5.56 Å². The Kier molecular flexibility index (Phi) is 4.20. The van der Waals surface area contributed by atoms with Crippen molar-refractivity contribution in [2.45, 2.75) is 6.43 Å². The summed E-state index contributed by atoms with van der Waals surface area (Å²) in [6.45, 7) is 0. The smallest absolute Gasteiger partial charge is 0.276 e. The van der Waals surface area contributed by atoms with Crippen molar-refractivity contribution >= 4 is 55.4 Å². The molecule has 0 N–H and O–H groups in total. The van der Waals surface area contributed by atoms with Crippen molar-refractivity contribution in [3.05, 3.63) is 25.5 Å². The van der Waals surface area contributed by atoms with Crippen LogP contribution >= 0.6 is 50.1 Å². The maximum Gasteiger partial charge on any atom is 0.281 e. The molecule has 14 heavy (non-hydrogen) atoms. The molecule has 0 bridgehead atoms. The standard InChI is InChI=1S/C7H2BrClF2INO/c8-5-2(6(9)14)1-3(12)4(13-5)7(10)11/h1,7H. The third-order valence-electron chi connectivity index (χ3n) is 1.38. The minimum atomic E-state index is -2.67. The predicted molar refractivity (Wildman–Crippen MR) is 59.8 cm³/mol. The third kappa shape index (κ3) is 2.60. The van der Waals surface area contributed by atoms with Crippen LogP contribution in [0.25, 0.3) is 0 Å². The molecular weight excluding hydrogens is 394 g/mol. The molecule has 0 spiro atoms. The van der Waals surface area contributed by atoms with Crippen molar-refractivity contribution in [2.24, 2.45) is 0 Å². The van der Waals surface area contributed by atoms with Crippen molar-refractivity contribution in [1.29, 1.82) is 0 Å².